The highest BCUT2D eigenvalue weighted by molar-refractivity contribution is 5.72. The van der Waals surface area contributed by atoms with Crippen LogP contribution in [0.25, 0.3) is 0 Å². The van der Waals surface area contributed by atoms with E-state index in [1.807, 2.05) is 42.5 Å². The smallest absolute Gasteiger partial charge is 0.310 e. The molecule has 0 spiro atoms. The number of ether oxygens (including phenoxy) is 3. The number of hydrogen-bond donors (Lipinski definition) is 0. The molecule has 0 radical (unpaired) electrons. The van der Waals surface area contributed by atoms with Crippen LogP contribution in [-0.4, -0.2) is 19.7 Å². The molecule has 0 unspecified atom stereocenters. The number of carbonyl (C=O) groups is 1. The van der Waals surface area contributed by atoms with Crippen molar-refractivity contribution in [1.29, 1.82) is 0 Å². The van der Waals surface area contributed by atoms with Crippen molar-refractivity contribution in [2.45, 2.75) is 20.0 Å². The van der Waals surface area contributed by atoms with Crippen molar-refractivity contribution in [3.8, 4) is 11.5 Å². The Hall–Kier alpha value is -2.49. The third kappa shape index (κ3) is 4.52. The lowest BCUT2D eigenvalue weighted by Crippen LogP contribution is -2.08. The van der Waals surface area contributed by atoms with Crippen molar-refractivity contribution in [3.05, 3.63) is 59.7 Å². The van der Waals surface area contributed by atoms with Gasteiger partial charge in [0.25, 0.3) is 0 Å². The maximum atomic E-state index is 11.6. The number of methoxy groups -OCH3 is 1. The van der Waals surface area contributed by atoms with Gasteiger partial charge in [0.05, 0.1) is 20.1 Å². The first-order valence-electron chi connectivity index (χ1n) is 7.22. The second-order valence-electron chi connectivity index (χ2n) is 4.74. The van der Waals surface area contributed by atoms with E-state index in [1.165, 1.54) is 0 Å². The molecule has 0 fully saturated rings. The van der Waals surface area contributed by atoms with E-state index in [1.54, 1.807) is 20.1 Å². The quantitative estimate of drug-likeness (QED) is 0.735. The Morgan fingerprint density at radius 3 is 2.45 bits per heavy atom. The third-order valence-electron chi connectivity index (χ3n) is 3.12. The zero-order chi connectivity index (χ0) is 15.8. The second-order valence-corrected chi connectivity index (χ2v) is 4.74. The van der Waals surface area contributed by atoms with Crippen LogP contribution in [0.1, 0.15) is 18.1 Å². The summed E-state index contributed by atoms with van der Waals surface area (Å²) in [4.78, 5) is 11.6. The van der Waals surface area contributed by atoms with Gasteiger partial charge in [0.2, 0.25) is 0 Å². The number of esters is 1. The van der Waals surface area contributed by atoms with E-state index in [0.29, 0.717) is 24.7 Å². The van der Waals surface area contributed by atoms with E-state index in [0.717, 1.165) is 11.1 Å². The Balaban J connectivity index is 2.09. The number of rotatable bonds is 7. The molecule has 116 valence electrons. The first-order valence-corrected chi connectivity index (χ1v) is 7.22. The average molecular weight is 300 g/mol. The predicted molar refractivity (Wildman–Crippen MR) is 84.1 cm³/mol. The van der Waals surface area contributed by atoms with Crippen molar-refractivity contribution in [1.82, 2.24) is 0 Å². The first-order chi connectivity index (χ1) is 10.7. The molecular weight excluding hydrogens is 280 g/mol. The molecule has 22 heavy (non-hydrogen) atoms. The van der Waals surface area contributed by atoms with Crippen LogP contribution in [0.4, 0.5) is 0 Å². The van der Waals surface area contributed by atoms with Crippen LogP contribution >= 0.6 is 0 Å². The van der Waals surface area contributed by atoms with Gasteiger partial charge in [-0.25, -0.2) is 0 Å². The molecule has 0 aromatic heterocycles. The normalized spacial score (nSPS) is 10.1. The highest BCUT2D eigenvalue weighted by Gasteiger charge is 2.10. The van der Waals surface area contributed by atoms with E-state index in [4.69, 9.17) is 14.2 Å². The van der Waals surface area contributed by atoms with Gasteiger partial charge in [-0.15, -0.1) is 0 Å². The zero-order valence-electron chi connectivity index (χ0n) is 12.9. The molecule has 0 bridgehead atoms. The number of hydrogen-bond acceptors (Lipinski definition) is 4. The fourth-order valence-electron chi connectivity index (χ4n) is 2.06. The molecular formula is C18H20O4. The molecule has 0 saturated heterocycles. The topological polar surface area (TPSA) is 44.8 Å². The summed E-state index contributed by atoms with van der Waals surface area (Å²) in [5.41, 5.74) is 1.91. The zero-order valence-corrected chi connectivity index (χ0v) is 12.9. The van der Waals surface area contributed by atoms with Crippen molar-refractivity contribution in [2.75, 3.05) is 13.7 Å². The molecule has 0 amide bonds. The standard InChI is InChI=1S/C18H20O4/c1-3-21-18(19)12-15-9-10-16(20-2)17(11-15)22-13-14-7-5-4-6-8-14/h4-11H,3,12-13H2,1-2H3. The van der Waals surface area contributed by atoms with E-state index in [-0.39, 0.29) is 12.4 Å². The molecule has 2 rings (SSSR count). The van der Waals surface area contributed by atoms with Gasteiger partial charge in [0.1, 0.15) is 6.61 Å². The molecule has 0 atom stereocenters. The third-order valence-corrected chi connectivity index (χ3v) is 3.12. The molecule has 0 aliphatic carbocycles. The lowest BCUT2D eigenvalue weighted by Gasteiger charge is -2.12. The summed E-state index contributed by atoms with van der Waals surface area (Å²) in [5, 5.41) is 0. The summed E-state index contributed by atoms with van der Waals surface area (Å²) >= 11 is 0. The molecule has 4 heteroatoms. The second kappa shape index (κ2) is 8.08. The Bertz CT molecular complexity index is 608. The van der Waals surface area contributed by atoms with Gasteiger partial charge < -0.3 is 14.2 Å². The number of benzene rings is 2. The maximum Gasteiger partial charge on any atom is 0.310 e. The minimum absolute atomic E-state index is 0.222. The summed E-state index contributed by atoms with van der Waals surface area (Å²) < 4.78 is 16.1. The van der Waals surface area contributed by atoms with Crippen LogP contribution in [0.2, 0.25) is 0 Å². The molecule has 0 N–H and O–H groups in total. The molecule has 0 aliphatic heterocycles. The monoisotopic (exact) mass is 300 g/mol. The van der Waals surface area contributed by atoms with Crippen molar-refractivity contribution in [2.24, 2.45) is 0 Å². The lowest BCUT2D eigenvalue weighted by atomic mass is 10.1. The van der Waals surface area contributed by atoms with Crippen LogP contribution in [0.5, 0.6) is 11.5 Å². The van der Waals surface area contributed by atoms with Crippen LogP contribution in [-0.2, 0) is 22.6 Å². The van der Waals surface area contributed by atoms with Gasteiger partial charge >= 0.3 is 5.97 Å². The lowest BCUT2D eigenvalue weighted by molar-refractivity contribution is -0.142. The largest absolute Gasteiger partial charge is 0.493 e. The summed E-state index contributed by atoms with van der Waals surface area (Å²) in [5.74, 6) is 1.01. The predicted octanol–water partition coefficient (Wildman–Crippen LogP) is 3.38. The maximum absolute atomic E-state index is 11.6. The SMILES string of the molecule is CCOC(=O)Cc1ccc(OC)c(OCc2ccccc2)c1. The average Bonchev–Trinajstić information content (AvgIpc) is 2.54. The molecule has 2 aromatic carbocycles. The molecule has 4 nitrogen and oxygen atoms in total. The number of carbonyl (C=O) groups excluding carboxylic acids is 1. The van der Waals surface area contributed by atoms with Crippen LogP contribution in [0.3, 0.4) is 0 Å². The highest BCUT2D eigenvalue weighted by Crippen LogP contribution is 2.29. The molecule has 0 aliphatic rings. The van der Waals surface area contributed by atoms with Crippen molar-refractivity contribution in [3.63, 3.8) is 0 Å². The van der Waals surface area contributed by atoms with Crippen LogP contribution < -0.4 is 9.47 Å². The van der Waals surface area contributed by atoms with E-state index < -0.39 is 0 Å². The van der Waals surface area contributed by atoms with Gasteiger partial charge in [0.15, 0.2) is 11.5 Å². The van der Waals surface area contributed by atoms with Gasteiger partial charge in [-0.2, -0.15) is 0 Å². The Morgan fingerprint density at radius 2 is 1.77 bits per heavy atom. The first kappa shape index (κ1) is 15.9. The fourth-order valence-corrected chi connectivity index (χ4v) is 2.06. The van der Waals surface area contributed by atoms with Gasteiger partial charge in [-0.05, 0) is 30.2 Å². The molecule has 0 heterocycles. The molecule has 0 saturated carbocycles. The van der Waals surface area contributed by atoms with Crippen LogP contribution in [0, 0.1) is 0 Å². The Labute approximate surface area is 130 Å². The fraction of sp³-hybridized carbons (Fsp3) is 0.278. The van der Waals surface area contributed by atoms with Gasteiger partial charge in [-0.3, -0.25) is 4.79 Å². The summed E-state index contributed by atoms with van der Waals surface area (Å²) in [7, 11) is 1.59. The van der Waals surface area contributed by atoms with Gasteiger partial charge in [0, 0.05) is 0 Å². The summed E-state index contributed by atoms with van der Waals surface area (Å²) in [6, 6.07) is 15.3. The minimum atomic E-state index is -0.248. The summed E-state index contributed by atoms with van der Waals surface area (Å²) in [6.07, 6.45) is 0.222. The summed E-state index contributed by atoms with van der Waals surface area (Å²) in [6.45, 7) is 2.62. The Morgan fingerprint density at radius 1 is 1.00 bits per heavy atom. The Kier molecular flexibility index (Phi) is 5.83. The van der Waals surface area contributed by atoms with E-state index in [9.17, 15) is 4.79 Å². The van der Waals surface area contributed by atoms with Gasteiger partial charge in [-0.1, -0.05) is 36.4 Å². The highest BCUT2D eigenvalue weighted by atomic mass is 16.5. The van der Waals surface area contributed by atoms with Crippen LogP contribution in [0.15, 0.2) is 48.5 Å². The van der Waals surface area contributed by atoms with E-state index in [2.05, 4.69) is 0 Å². The van der Waals surface area contributed by atoms with Crippen molar-refractivity contribution < 1.29 is 19.0 Å². The van der Waals surface area contributed by atoms with E-state index >= 15 is 0 Å². The van der Waals surface area contributed by atoms with Crippen molar-refractivity contribution >= 4 is 5.97 Å². The minimum Gasteiger partial charge on any atom is -0.493 e. The molecule has 2 aromatic rings.